The van der Waals surface area contributed by atoms with E-state index in [4.69, 9.17) is 0 Å². The average molecular weight is 219 g/mol. The summed E-state index contributed by atoms with van der Waals surface area (Å²) in [6.07, 6.45) is -0.490. The zero-order chi connectivity index (χ0) is 11.6. The van der Waals surface area contributed by atoms with Gasteiger partial charge in [0.25, 0.3) is 5.92 Å². The predicted molar refractivity (Wildman–Crippen MR) is 50.6 cm³/mol. The zero-order valence-electron chi connectivity index (χ0n) is 8.93. The van der Waals surface area contributed by atoms with Crippen molar-refractivity contribution in [3.63, 3.8) is 0 Å². The molecule has 0 saturated carbocycles. The van der Waals surface area contributed by atoms with Crippen LogP contribution in [0.5, 0.6) is 0 Å². The summed E-state index contributed by atoms with van der Waals surface area (Å²) in [7, 11) is 0. The Morgan fingerprint density at radius 1 is 1.60 bits per heavy atom. The Kier molecular flexibility index (Phi) is 3.42. The lowest BCUT2D eigenvalue weighted by Crippen LogP contribution is -2.44. The van der Waals surface area contributed by atoms with Gasteiger partial charge in [-0.2, -0.15) is 0 Å². The summed E-state index contributed by atoms with van der Waals surface area (Å²) in [4.78, 5) is 23.9. The van der Waals surface area contributed by atoms with Gasteiger partial charge in [0.05, 0.1) is 6.42 Å². The molecule has 0 N–H and O–H groups in total. The van der Waals surface area contributed by atoms with Gasteiger partial charge in [0.15, 0.2) is 0 Å². The molecule has 0 aromatic carbocycles. The largest absolute Gasteiger partial charge is 0.341 e. The molecule has 1 saturated heterocycles. The topological polar surface area (TPSA) is 37.4 Å². The maximum absolute atomic E-state index is 12.6. The van der Waals surface area contributed by atoms with Crippen LogP contribution in [0.25, 0.3) is 0 Å². The van der Waals surface area contributed by atoms with Crippen molar-refractivity contribution in [1.29, 1.82) is 0 Å². The first kappa shape index (κ1) is 12.1. The van der Waals surface area contributed by atoms with Gasteiger partial charge < -0.3 is 4.90 Å². The minimum atomic E-state index is -2.97. The fourth-order valence-corrected chi connectivity index (χ4v) is 1.62. The van der Waals surface area contributed by atoms with Crippen LogP contribution < -0.4 is 0 Å². The van der Waals surface area contributed by atoms with E-state index in [9.17, 15) is 18.4 Å². The van der Waals surface area contributed by atoms with Crippen LogP contribution in [0.1, 0.15) is 26.7 Å². The lowest BCUT2D eigenvalue weighted by molar-refractivity contribution is -0.141. The van der Waals surface area contributed by atoms with Crippen LogP contribution in [-0.4, -0.2) is 35.6 Å². The van der Waals surface area contributed by atoms with Gasteiger partial charge in [-0.15, -0.1) is 0 Å². The van der Waals surface area contributed by atoms with Crippen molar-refractivity contribution in [3.05, 3.63) is 0 Å². The van der Waals surface area contributed by atoms with E-state index in [1.165, 1.54) is 4.90 Å². The molecule has 1 unspecified atom stereocenters. The number of piperidine rings is 1. The number of nitrogens with zero attached hydrogens (tertiary/aromatic N) is 1. The Morgan fingerprint density at radius 2 is 2.20 bits per heavy atom. The Hall–Kier alpha value is -1.00. The molecular formula is C10H15F2NO2. The SMILES string of the molecule is CC1CN(C(=O)CC(C)(F)F)CCC1=O. The number of hydrogen-bond acceptors (Lipinski definition) is 2. The summed E-state index contributed by atoms with van der Waals surface area (Å²) in [5.74, 6) is -3.67. The van der Waals surface area contributed by atoms with E-state index >= 15 is 0 Å². The highest BCUT2D eigenvalue weighted by Gasteiger charge is 2.32. The second-order valence-electron chi connectivity index (χ2n) is 4.20. The van der Waals surface area contributed by atoms with Crippen molar-refractivity contribution in [2.75, 3.05) is 13.1 Å². The zero-order valence-corrected chi connectivity index (χ0v) is 8.93. The van der Waals surface area contributed by atoms with Crippen molar-refractivity contribution in [1.82, 2.24) is 4.90 Å². The van der Waals surface area contributed by atoms with Gasteiger partial charge in [0.2, 0.25) is 5.91 Å². The molecule has 1 amide bonds. The number of likely N-dealkylation sites (tertiary alicyclic amines) is 1. The first-order valence-corrected chi connectivity index (χ1v) is 4.98. The number of hydrogen-bond donors (Lipinski definition) is 0. The molecule has 15 heavy (non-hydrogen) atoms. The van der Waals surface area contributed by atoms with Gasteiger partial charge in [-0.3, -0.25) is 9.59 Å². The second-order valence-corrected chi connectivity index (χ2v) is 4.20. The minimum Gasteiger partial charge on any atom is -0.341 e. The molecule has 1 rings (SSSR count). The summed E-state index contributed by atoms with van der Waals surface area (Å²) in [5.41, 5.74) is 0. The van der Waals surface area contributed by atoms with E-state index in [1.54, 1.807) is 6.92 Å². The van der Waals surface area contributed by atoms with Crippen molar-refractivity contribution in [2.45, 2.75) is 32.6 Å². The standard InChI is InChI=1S/C10H15F2NO2/c1-7-6-13(4-3-8(7)14)9(15)5-10(2,11)12/h7H,3-6H2,1-2H3. The first-order chi connectivity index (χ1) is 6.79. The molecule has 1 aliphatic rings. The van der Waals surface area contributed by atoms with E-state index in [2.05, 4.69) is 0 Å². The Morgan fingerprint density at radius 3 is 2.67 bits per heavy atom. The Balaban J connectivity index is 2.51. The molecule has 1 aliphatic heterocycles. The Labute approximate surface area is 87.4 Å². The number of amides is 1. The molecule has 0 aromatic rings. The summed E-state index contributed by atoms with van der Waals surface area (Å²) >= 11 is 0. The van der Waals surface area contributed by atoms with Crippen LogP contribution in [0.3, 0.4) is 0 Å². The van der Waals surface area contributed by atoms with Crippen LogP contribution in [0.2, 0.25) is 0 Å². The third kappa shape index (κ3) is 3.57. The van der Waals surface area contributed by atoms with Crippen LogP contribution in [0.15, 0.2) is 0 Å². The number of rotatable bonds is 2. The molecule has 0 aromatic heterocycles. The smallest absolute Gasteiger partial charge is 0.254 e. The predicted octanol–water partition coefficient (Wildman–Crippen LogP) is 1.47. The quantitative estimate of drug-likeness (QED) is 0.705. The highest BCUT2D eigenvalue weighted by atomic mass is 19.3. The van der Waals surface area contributed by atoms with E-state index in [0.29, 0.717) is 0 Å². The second kappa shape index (κ2) is 4.24. The number of Topliss-reactive ketones (excluding diaryl/α,β-unsaturated/α-hetero) is 1. The van der Waals surface area contributed by atoms with Gasteiger partial charge in [-0.25, -0.2) is 8.78 Å². The van der Waals surface area contributed by atoms with Crippen LogP contribution in [-0.2, 0) is 9.59 Å². The van der Waals surface area contributed by atoms with Crippen molar-refractivity contribution < 1.29 is 18.4 Å². The van der Waals surface area contributed by atoms with Crippen LogP contribution in [0.4, 0.5) is 8.78 Å². The molecule has 1 atom stereocenters. The molecule has 0 bridgehead atoms. The van der Waals surface area contributed by atoms with Crippen LogP contribution >= 0.6 is 0 Å². The molecule has 1 fully saturated rings. The first-order valence-electron chi connectivity index (χ1n) is 4.98. The van der Waals surface area contributed by atoms with E-state index in [0.717, 1.165) is 6.92 Å². The molecule has 5 heteroatoms. The highest BCUT2D eigenvalue weighted by Crippen LogP contribution is 2.20. The normalized spacial score (nSPS) is 23.1. The van der Waals surface area contributed by atoms with Crippen LogP contribution in [0, 0.1) is 5.92 Å². The van der Waals surface area contributed by atoms with Crippen molar-refractivity contribution in [3.8, 4) is 0 Å². The molecule has 0 spiro atoms. The monoisotopic (exact) mass is 219 g/mol. The molecule has 1 heterocycles. The fraction of sp³-hybridized carbons (Fsp3) is 0.800. The van der Waals surface area contributed by atoms with E-state index in [1.807, 2.05) is 0 Å². The number of alkyl halides is 2. The fourth-order valence-electron chi connectivity index (χ4n) is 1.62. The maximum Gasteiger partial charge on any atom is 0.254 e. The third-order valence-corrected chi connectivity index (χ3v) is 2.49. The lowest BCUT2D eigenvalue weighted by Gasteiger charge is -2.30. The van der Waals surface area contributed by atoms with Gasteiger partial charge in [0, 0.05) is 25.4 Å². The van der Waals surface area contributed by atoms with Crippen molar-refractivity contribution >= 4 is 11.7 Å². The summed E-state index contributed by atoms with van der Waals surface area (Å²) in [5, 5.41) is 0. The van der Waals surface area contributed by atoms with E-state index in [-0.39, 0.29) is 31.2 Å². The van der Waals surface area contributed by atoms with Gasteiger partial charge >= 0.3 is 0 Å². The lowest BCUT2D eigenvalue weighted by atomic mass is 9.98. The summed E-state index contributed by atoms with van der Waals surface area (Å²) in [6, 6.07) is 0. The average Bonchev–Trinajstić information content (AvgIpc) is 2.06. The van der Waals surface area contributed by atoms with E-state index < -0.39 is 18.3 Å². The van der Waals surface area contributed by atoms with Crippen molar-refractivity contribution in [2.24, 2.45) is 5.92 Å². The van der Waals surface area contributed by atoms with Gasteiger partial charge in [0.1, 0.15) is 5.78 Å². The molecule has 3 nitrogen and oxygen atoms in total. The maximum atomic E-state index is 12.6. The number of ketones is 1. The Bertz CT molecular complexity index is 273. The number of carbonyl (C=O) groups is 2. The summed E-state index contributed by atoms with van der Waals surface area (Å²) < 4.78 is 25.2. The number of halogens is 2. The minimum absolute atomic E-state index is 0.0994. The van der Waals surface area contributed by atoms with Gasteiger partial charge in [-0.05, 0) is 6.92 Å². The third-order valence-electron chi connectivity index (χ3n) is 2.49. The molecular weight excluding hydrogens is 204 g/mol. The molecule has 0 aliphatic carbocycles. The number of carbonyl (C=O) groups excluding carboxylic acids is 2. The summed E-state index contributed by atoms with van der Waals surface area (Å²) in [6.45, 7) is 2.99. The molecule has 86 valence electrons. The van der Waals surface area contributed by atoms with Gasteiger partial charge in [-0.1, -0.05) is 6.92 Å². The molecule has 0 radical (unpaired) electrons. The highest BCUT2D eigenvalue weighted by molar-refractivity contribution is 5.85.